The fraction of sp³-hybridized carbons (Fsp3) is 0.316. The van der Waals surface area contributed by atoms with E-state index in [2.05, 4.69) is 4.72 Å². The molecule has 0 fully saturated rings. The molecule has 2 aromatic carbocycles. The molecule has 5 nitrogen and oxygen atoms in total. The number of hydrogen-bond donors (Lipinski definition) is 1. The number of rotatable bonds is 4. The highest BCUT2D eigenvalue weighted by Crippen LogP contribution is 2.29. The van der Waals surface area contributed by atoms with Crippen molar-refractivity contribution < 1.29 is 13.2 Å². The van der Waals surface area contributed by atoms with Gasteiger partial charge in [-0.05, 0) is 60.7 Å². The van der Waals surface area contributed by atoms with E-state index in [1.165, 1.54) is 0 Å². The number of anilines is 1. The summed E-state index contributed by atoms with van der Waals surface area (Å²) < 4.78 is 27.6. The Balaban J connectivity index is 1.75. The van der Waals surface area contributed by atoms with E-state index in [0.717, 1.165) is 34.4 Å². The van der Waals surface area contributed by atoms with Gasteiger partial charge in [-0.1, -0.05) is 18.2 Å². The van der Waals surface area contributed by atoms with Crippen LogP contribution in [0, 0.1) is 13.8 Å². The summed E-state index contributed by atoms with van der Waals surface area (Å²) >= 11 is 0. The van der Waals surface area contributed by atoms with Gasteiger partial charge in [0.15, 0.2) is 0 Å². The molecule has 25 heavy (non-hydrogen) atoms. The first-order chi connectivity index (χ1) is 11.8. The lowest BCUT2D eigenvalue weighted by molar-refractivity contribution is -0.116. The Morgan fingerprint density at radius 1 is 1.12 bits per heavy atom. The van der Waals surface area contributed by atoms with Gasteiger partial charge in [-0.3, -0.25) is 4.79 Å². The Labute approximate surface area is 148 Å². The van der Waals surface area contributed by atoms with Crippen LogP contribution >= 0.6 is 0 Å². The molecule has 0 unspecified atom stereocenters. The highest BCUT2D eigenvalue weighted by Gasteiger charge is 2.22. The maximum Gasteiger partial charge on any atom is 0.240 e. The largest absolute Gasteiger partial charge is 0.312 e. The zero-order valence-electron chi connectivity index (χ0n) is 14.7. The van der Waals surface area contributed by atoms with Crippen molar-refractivity contribution >= 4 is 21.6 Å². The fourth-order valence-corrected chi connectivity index (χ4v) is 4.14. The van der Waals surface area contributed by atoms with Crippen LogP contribution in [0.25, 0.3) is 0 Å². The Kier molecular flexibility index (Phi) is 4.67. The zero-order chi connectivity index (χ0) is 18.2. The third-order valence-corrected chi connectivity index (χ3v) is 6.07. The number of nitrogens with one attached hydrogen (secondary N) is 1. The predicted octanol–water partition coefficient (Wildman–Crippen LogP) is 2.69. The van der Waals surface area contributed by atoms with Crippen LogP contribution in [0.3, 0.4) is 0 Å². The number of fused-ring (bicyclic) bond motifs is 1. The van der Waals surface area contributed by atoms with Crippen LogP contribution in [0.2, 0.25) is 0 Å². The number of benzene rings is 2. The lowest BCUT2D eigenvalue weighted by Crippen LogP contribution is -2.25. The molecule has 1 amide bonds. The Morgan fingerprint density at radius 3 is 2.56 bits per heavy atom. The van der Waals surface area contributed by atoms with E-state index in [-0.39, 0.29) is 17.3 Å². The van der Waals surface area contributed by atoms with Crippen molar-refractivity contribution in [1.29, 1.82) is 0 Å². The van der Waals surface area contributed by atoms with Gasteiger partial charge in [-0.25, -0.2) is 13.1 Å². The van der Waals surface area contributed by atoms with Crippen molar-refractivity contribution in [2.75, 3.05) is 11.4 Å². The van der Waals surface area contributed by atoms with Crippen LogP contribution in [0.5, 0.6) is 0 Å². The molecule has 0 atom stereocenters. The van der Waals surface area contributed by atoms with Crippen LogP contribution in [-0.2, 0) is 27.8 Å². The monoisotopic (exact) mass is 358 g/mol. The van der Waals surface area contributed by atoms with Gasteiger partial charge < -0.3 is 4.90 Å². The van der Waals surface area contributed by atoms with Gasteiger partial charge in [0.1, 0.15) is 0 Å². The highest BCUT2D eigenvalue weighted by atomic mass is 32.2. The summed E-state index contributed by atoms with van der Waals surface area (Å²) in [6.07, 6.45) is 0.798. The van der Waals surface area contributed by atoms with Crippen LogP contribution in [0.15, 0.2) is 41.3 Å². The molecule has 0 aliphatic carbocycles. The minimum Gasteiger partial charge on any atom is -0.312 e. The highest BCUT2D eigenvalue weighted by molar-refractivity contribution is 7.89. The van der Waals surface area contributed by atoms with Gasteiger partial charge in [0.25, 0.3) is 0 Å². The summed E-state index contributed by atoms with van der Waals surface area (Å²) in [7, 11) is -3.55. The summed E-state index contributed by atoms with van der Waals surface area (Å²) in [6.45, 7) is 6.31. The second-order valence-electron chi connectivity index (χ2n) is 6.45. The smallest absolute Gasteiger partial charge is 0.240 e. The molecule has 0 spiro atoms. The molecule has 1 N–H and O–H groups in total. The lowest BCUT2D eigenvalue weighted by atomic mass is 10.1. The molecule has 132 valence electrons. The first-order valence-electron chi connectivity index (χ1n) is 8.25. The third kappa shape index (κ3) is 3.60. The Morgan fingerprint density at radius 2 is 1.88 bits per heavy atom. The zero-order valence-corrected chi connectivity index (χ0v) is 15.5. The number of aryl methyl sites for hydroxylation is 2. The van der Waals surface area contributed by atoms with E-state index < -0.39 is 10.0 Å². The van der Waals surface area contributed by atoms with Gasteiger partial charge in [0.05, 0.1) is 4.90 Å². The number of nitrogens with zero attached hydrogens (tertiary/aromatic N) is 1. The van der Waals surface area contributed by atoms with Crippen LogP contribution < -0.4 is 9.62 Å². The molecule has 1 heterocycles. The van der Waals surface area contributed by atoms with Crippen LogP contribution in [-0.4, -0.2) is 20.9 Å². The van der Waals surface area contributed by atoms with Gasteiger partial charge in [-0.2, -0.15) is 0 Å². The molecule has 0 aromatic heterocycles. The molecule has 3 rings (SSSR count). The third-order valence-electron chi connectivity index (χ3n) is 4.67. The number of carbonyl (C=O) groups is 1. The van der Waals surface area contributed by atoms with Gasteiger partial charge in [-0.15, -0.1) is 0 Å². The Hall–Kier alpha value is -2.18. The van der Waals surface area contributed by atoms with Gasteiger partial charge in [0.2, 0.25) is 15.9 Å². The van der Waals surface area contributed by atoms with Crippen molar-refractivity contribution in [2.24, 2.45) is 0 Å². The quantitative estimate of drug-likeness (QED) is 0.914. The molecule has 1 aliphatic heterocycles. The van der Waals surface area contributed by atoms with Crippen molar-refractivity contribution in [3.63, 3.8) is 0 Å². The summed E-state index contributed by atoms with van der Waals surface area (Å²) in [6, 6.07) is 10.9. The van der Waals surface area contributed by atoms with Crippen LogP contribution in [0.4, 0.5) is 5.69 Å². The van der Waals surface area contributed by atoms with E-state index in [1.807, 2.05) is 38.1 Å². The molecule has 0 radical (unpaired) electrons. The minimum absolute atomic E-state index is 0.0296. The van der Waals surface area contributed by atoms with Crippen molar-refractivity contribution in [3.8, 4) is 0 Å². The summed E-state index contributed by atoms with van der Waals surface area (Å²) in [4.78, 5) is 13.6. The van der Waals surface area contributed by atoms with Crippen molar-refractivity contribution in [3.05, 3.63) is 58.7 Å². The van der Waals surface area contributed by atoms with E-state index >= 15 is 0 Å². The van der Waals surface area contributed by atoms with Crippen molar-refractivity contribution in [2.45, 2.75) is 38.6 Å². The number of amides is 1. The van der Waals surface area contributed by atoms with Gasteiger partial charge >= 0.3 is 0 Å². The number of hydrogen-bond acceptors (Lipinski definition) is 3. The van der Waals surface area contributed by atoms with E-state index in [0.29, 0.717) is 6.54 Å². The number of sulfonamides is 1. The predicted molar refractivity (Wildman–Crippen MR) is 98.1 cm³/mol. The molecule has 0 bridgehead atoms. The first kappa shape index (κ1) is 17.6. The average molecular weight is 358 g/mol. The fourth-order valence-electron chi connectivity index (χ4n) is 3.03. The summed E-state index contributed by atoms with van der Waals surface area (Å²) in [5.41, 5.74) is 4.90. The number of carbonyl (C=O) groups excluding carboxylic acids is 1. The first-order valence-corrected chi connectivity index (χ1v) is 9.73. The summed E-state index contributed by atoms with van der Waals surface area (Å²) in [5.74, 6) is 0.0296. The molecular weight excluding hydrogens is 336 g/mol. The SMILES string of the molecule is CC(=O)N1CCc2cc(CNS(=O)(=O)c3ccc(C)c(C)c3)ccc21. The molecule has 0 saturated carbocycles. The molecule has 0 saturated heterocycles. The molecule has 2 aromatic rings. The van der Waals surface area contributed by atoms with E-state index in [9.17, 15) is 13.2 Å². The maximum atomic E-state index is 12.5. The van der Waals surface area contributed by atoms with E-state index in [4.69, 9.17) is 0 Å². The second kappa shape index (κ2) is 6.61. The maximum absolute atomic E-state index is 12.5. The molecule has 1 aliphatic rings. The van der Waals surface area contributed by atoms with Crippen molar-refractivity contribution in [1.82, 2.24) is 4.72 Å². The standard InChI is InChI=1S/C19H22N2O3S/c1-13-4-6-18(10-14(13)2)25(23,24)20-12-16-5-7-19-17(11-16)8-9-21(19)15(3)22/h4-7,10-11,20H,8-9,12H2,1-3H3. The summed E-state index contributed by atoms with van der Waals surface area (Å²) in [5, 5.41) is 0. The molecular formula is C19H22N2O3S. The van der Waals surface area contributed by atoms with Crippen LogP contribution in [0.1, 0.15) is 29.2 Å². The minimum atomic E-state index is -3.55. The van der Waals surface area contributed by atoms with Gasteiger partial charge in [0, 0.05) is 25.7 Å². The lowest BCUT2D eigenvalue weighted by Gasteiger charge is -2.15. The molecule has 6 heteroatoms. The Bertz CT molecular complexity index is 936. The average Bonchev–Trinajstić information content (AvgIpc) is 2.99. The topological polar surface area (TPSA) is 66.5 Å². The van der Waals surface area contributed by atoms with E-state index in [1.54, 1.807) is 24.0 Å². The normalized spacial score (nSPS) is 13.8. The second-order valence-corrected chi connectivity index (χ2v) is 8.22.